The summed E-state index contributed by atoms with van der Waals surface area (Å²) in [5, 5.41) is 13.0. The van der Waals surface area contributed by atoms with E-state index in [1.807, 2.05) is 0 Å². The Balaban J connectivity index is 1.93. The molecule has 1 aromatic heterocycles. The highest BCUT2D eigenvalue weighted by molar-refractivity contribution is 5.74. The Labute approximate surface area is 106 Å². The first kappa shape index (κ1) is 13.0. The fraction of sp³-hybridized carbons (Fsp3) is 0.750. The molecule has 1 aromatic rings. The molecule has 0 saturated carbocycles. The van der Waals surface area contributed by atoms with Gasteiger partial charge in [-0.3, -0.25) is 9.69 Å². The van der Waals surface area contributed by atoms with Crippen LogP contribution in [0.3, 0.4) is 0 Å². The summed E-state index contributed by atoms with van der Waals surface area (Å²) in [5.74, 6) is 0.572. The van der Waals surface area contributed by atoms with Crippen LogP contribution in [0.15, 0.2) is 4.52 Å². The first-order valence-corrected chi connectivity index (χ1v) is 6.31. The van der Waals surface area contributed by atoms with Crippen LogP contribution in [-0.4, -0.2) is 39.2 Å². The first-order chi connectivity index (χ1) is 8.53. The summed E-state index contributed by atoms with van der Waals surface area (Å²) in [6.07, 6.45) is 2.47. The third-order valence-electron chi connectivity index (χ3n) is 3.41. The molecule has 18 heavy (non-hydrogen) atoms. The molecule has 0 aromatic carbocycles. The van der Waals surface area contributed by atoms with Crippen molar-refractivity contribution < 1.29 is 14.4 Å². The number of aryl methyl sites for hydroxylation is 1. The standard InChI is InChI=1S/C12H19N3O3/c1-3-4-9-13-10(18-14-9)7-15-6-5-12(2,8-15)11(16)17/h3-8H2,1-2H3,(H,16,17). The maximum absolute atomic E-state index is 11.1. The highest BCUT2D eigenvalue weighted by Gasteiger charge is 2.40. The van der Waals surface area contributed by atoms with Crippen LogP contribution in [0.1, 0.15) is 38.4 Å². The van der Waals surface area contributed by atoms with Gasteiger partial charge in [0, 0.05) is 13.0 Å². The van der Waals surface area contributed by atoms with E-state index in [1.165, 1.54) is 0 Å². The van der Waals surface area contributed by atoms with Crippen LogP contribution < -0.4 is 0 Å². The fourth-order valence-corrected chi connectivity index (χ4v) is 2.24. The summed E-state index contributed by atoms with van der Waals surface area (Å²) in [6, 6.07) is 0. The number of likely N-dealkylation sites (tertiary alicyclic amines) is 1. The number of aromatic nitrogens is 2. The van der Waals surface area contributed by atoms with Crippen LogP contribution in [-0.2, 0) is 17.8 Å². The van der Waals surface area contributed by atoms with Gasteiger partial charge in [-0.05, 0) is 26.3 Å². The van der Waals surface area contributed by atoms with Crippen molar-refractivity contribution in [3.63, 3.8) is 0 Å². The van der Waals surface area contributed by atoms with Gasteiger partial charge in [-0.25, -0.2) is 0 Å². The molecule has 2 rings (SSSR count). The zero-order valence-corrected chi connectivity index (χ0v) is 10.8. The highest BCUT2D eigenvalue weighted by atomic mass is 16.5. The first-order valence-electron chi connectivity index (χ1n) is 6.31. The molecule has 1 unspecified atom stereocenters. The molecule has 1 N–H and O–H groups in total. The summed E-state index contributed by atoms with van der Waals surface area (Å²) < 4.78 is 5.16. The van der Waals surface area contributed by atoms with E-state index in [4.69, 9.17) is 9.63 Å². The van der Waals surface area contributed by atoms with Crippen LogP contribution in [0, 0.1) is 5.41 Å². The third-order valence-corrected chi connectivity index (χ3v) is 3.41. The topological polar surface area (TPSA) is 79.5 Å². The SMILES string of the molecule is CCCc1noc(CN2CCC(C)(C(=O)O)C2)n1. The molecule has 1 saturated heterocycles. The lowest BCUT2D eigenvalue weighted by molar-refractivity contribution is -0.147. The third kappa shape index (κ3) is 2.69. The Kier molecular flexibility index (Phi) is 3.65. The lowest BCUT2D eigenvalue weighted by Crippen LogP contribution is -2.31. The van der Waals surface area contributed by atoms with Crippen LogP contribution in [0.5, 0.6) is 0 Å². The zero-order valence-electron chi connectivity index (χ0n) is 10.8. The highest BCUT2D eigenvalue weighted by Crippen LogP contribution is 2.30. The van der Waals surface area contributed by atoms with E-state index in [0.717, 1.165) is 25.2 Å². The molecule has 0 radical (unpaired) electrons. The van der Waals surface area contributed by atoms with Gasteiger partial charge in [0.2, 0.25) is 5.89 Å². The van der Waals surface area contributed by atoms with Gasteiger partial charge in [-0.1, -0.05) is 12.1 Å². The lowest BCUT2D eigenvalue weighted by atomic mass is 9.90. The Morgan fingerprint density at radius 1 is 1.61 bits per heavy atom. The van der Waals surface area contributed by atoms with Crippen molar-refractivity contribution in [3.05, 3.63) is 11.7 Å². The van der Waals surface area contributed by atoms with E-state index in [0.29, 0.717) is 25.4 Å². The predicted molar refractivity (Wildman–Crippen MR) is 63.9 cm³/mol. The van der Waals surface area contributed by atoms with E-state index in [-0.39, 0.29) is 0 Å². The molecule has 1 atom stereocenters. The number of aliphatic carboxylic acids is 1. The van der Waals surface area contributed by atoms with Crippen molar-refractivity contribution in [2.75, 3.05) is 13.1 Å². The van der Waals surface area contributed by atoms with Crippen molar-refractivity contribution in [2.45, 2.75) is 39.7 Å². The molecule has 6 nitrogen and oxygen atoms in total. The second kappa shape index (κ2) is 5.06. The van der Waals surface area contributed by atoms with Crippen molar-refractivity contribution in [2.24, 2.45) is 5.41 Å². The molecule has 0 amide bonds. The van der Waals surface area contributed by atoms with Gasteiger partial charge < -0.3 is 9.63 Å². The second-order valence-electron chi connectivity index (χ2n) is 5.18. The number of carboxylic acid groups (broad SMARTS) is 1. The molecule has 0 bridgehead atoms. The van der Waals surface area contributed by atoms with E-state index in [2.05, 4.69) is 22.0 Å². The molecule has 0 aliphatic carbocycles. The molecule has 100 valence electrons. The number of rotatable bonds is 5. The average molecular weight is 253 g/mol. The minimum absolute atomic E-state index is 0.536. The minimum Gasteiger partial charge on any atom is -0.481 e. The summed E-state index contributed by atoms with van der Waals surface area (Å²) in [4.78, 5) is 17.5. The van der Waals surface area contributed by atoms with E-state index in [9.17, 15) is 4.79 Å². The fourth-order valence-electron chi connectivity index (χ4n) is 2.24. The van der Waals surface area contributed by atoms with Crippen LogP contribution in [0.4, 0.5) is 0 Å². The van der Waals surface area contributed by atoms with Crippen LogP contribution in [0.2, 0.25) is 0 Å². The molecular weight excluding hydrogens is 234 g/mol. The molecule has 1 aliphatic heterocycles. The number of carbonyl (C=O) groups is 1. The Hall–Kier alpha value is -1.43. The number of hydrogen-bond acceptors (Lipinski definition) is 5. The van der Waals surface area contributed by atoms with Gasteiger partial charge >= 0.3 is 5.97 Å². The molecule has 1 fully saturated rings. The molecule has 2 heterocycles. The van der Waals surface area contributed by atoms with Gasteiger partial charge in [-0.2, -0.15) is 4.98 Å². The van der Waals surface area contributed by atoms with Crippen LogP contribution >= 0.6 is 0 Å². The number of hydrogen-bond donors (Lipinski definition) is 1. The average Bonchev–Trinajstić information content (AvgIpc) is 2.88. The number of nitrogens with zero attached hydrogens (tertiary/aromatic N) is 3. The Morgan fingerprint density at radius 3 is 3.00 bits per heavy atom. The maximum atomic E-state index is 11.1. The zero-order chi connectivity index (χ0) is 13.2. The van der Waals surface area contributed by atoms with E-state index >= 15 is 0 Å². The second-order valence-corrected chi connectivity index (χ2v) is 5.18. The predicted octanol–water partition coefficient (Wildman–Crippen LogP) is 1.32. The number of carboxylic acids is 1. The van der Waals surface area contributed by atoms with Crippen molar-refractivity contribution >= 4 is 5.97 Å². The van der Waals surface area contributed by atoms with Gasteiger partial charge in [0.1, 0.15) is 0 Å². The summed E-state index contributed by atoms with van der Waals surface area (Å²) in [6.45, 7) is 5.68. The quantitative estimate of drug-likeness (QED) is 0.852. The van der Waals surface area contributed by atoms with Gasteiger partial charge in [0.15, 0.2) is 5.82 Å². The maximum Gasteiger partial charge on any atom is 0.310 e. The molecular formula is C12H19N3O3. The molecule has 0 spiro atoms. The van der Waals surface area contributed by atoms with Crippen molar-refractivity contribution in [3.8, 4) is 0 Å². The minimum atomic E-state index is -0.734. The van der Waals surface area contributed by atoms with Crippen molar-refractivity contribution in [1.82, 2.24) is 15.0 Å². The van der Waals surface area contributed by atoms with Crippen LogP contribution in [0.25, 0.3) is 0 Å². The van der Waals surface area contributed by atoms with Gasteiger partial charge in [0.25, 0.3) is 0 Å². The monoisotopic (exact) mass is 253 g/mol. The van der Waals surface area contributed by atoms with Crippen molar-refractivity contribution in [1.29, 1.82) is 0 Å². The lowest BCUT2D eigenvalue weighted by Gasteiger charge is -2.18. The summed E-state index contributed by atoms with van der Waals surface area (Å²) in [5.41, 5.74) is -0.647. The molecule has 6 heteroatoms. The summed E-state index contributed by atoms with van der Waals surface area (Å²) >= 11 is 0. The summed E-state index contributed by atoms with van der Waals surface area (Å²) in [7, 11) is 0. The largest absolute Gasteiger partial charge is 0.481 e. The smallest absolute Gasteiger partial charge is 0.310 e. The van der Waals surface area contributed by atoms with Gasteiger partial charge in [0.05, 0.1) is 12.0 Å². The molecule has 1 aliphatic rings. The Morgan fingerprint density at radius 2 is 2.39 bits per heavy atom. The Bertz CT molecular complexity index is 432. The van der Waals surface area contributed by atoms with E-state index in [1.54, 1.807) is 6.92 Å². The van der Waals surface area contributed by atoms with E-state index < -0.39 is 11.4 Å². The normalized spacial score (nSPS) is 24.6. The van der Waals surface area contributed by atoms with Gasteiger partial charge in [-0.15, -0.1) is 0 Å².